The third kappa shape index (κ3) is 2.30. The summed E-state index contributed by atoms with van der Waals surface area (Å²) in [5.74, 6) is -0.174. The van der Waals surface area contributed by atoms with Crippen LogP contribution in [-0.4, -0.2) is 46.6 Å². The Morgan fingerprint density at radius 2 is 1.95 bits per heavy atom. The largest absolute Gasteiger partial charge is 0.327 e. The summed E-state index contributed by atoms with van der Waals surface area (Å²) in [6.07, 6.45) is 1.54. The van der Waals surface area contributed by atoms with Crippen LogP contribution in [0.4, 0.5) is 4.79 Å². The first-order valence-corrected chi connectivity index (χ1v) is 7.69. The SMILES string of the molecule is CC1=N[C@H](C(=O)N2C(=O)N(C)[C@@H](C)[C@H]2c2ccccc2)CC1. The number of hydrogen-bond donors (Lipinski definition) is 0. The highest BCUT2D eigenvalue weighted by Gasteiger charge is 2.47. The highest BCUT2D eigenvalue weighted by molar-refractivity contribution is 6.01. The Bertz CT molecular complexity index is 626. The zero-order valence-corrected chi connectivity index (χ0v) is 13.2. The van der Waals surface area contributed by atoms with E-state index in [0.717, 1.165) is 17.7 Å². The van der Waals surface area contributed by atoms with Crippen molar-refractivity contribution in [1.82, 2.24) is 9.80 Å². The molecule has 22 heavy (non-hydrogen) atoms. The lowest BCUT2D eigenvalue weighted by atomic mass is 9.99. The van der Waals surface area contributed by atoms with Gasteiger partial charge in [-0.3, -0.25) is 14.7 Å². The monoisotopic (exact) mass is 299 g/mol. The molecule has 0 N–H and O–H groups in total. The Kier molecular flexibility index (Phi) is 3.72. The molecule has 3 atom stereocenters. The quantitative estimate of drug-likeness (QED) is 0.843. The number of rotatable bonds is 2. The van der Waals surface area contributed by atoms with Crippen molar-refractivity contribution < 1.29 is 9.59 Å². The Morgan fingerprint density at radius 1 is 1.27 bits per heavy atom. The molecule has 1 aromatic carbocycles. The van der Waals surface area contributed by atoms with E-state index in [-0.39, 0.29) is 24.0 Å². The van der Waals surface area contributed by atoms with Gasteiger partial charge >= 0.3 is 6.03 Å². The van der Waals surface area contributed by atoms with Gasteiger partial charge in [0.05, 0.1) is 12.1 Å². The molecular weight excluding hydrogens is 278 g/mol. The maximum absolute atomic E-state index is 12.8. The van der Waals surface area contributed by atoms with Crippen molar-refractivity contribution >= 4 is 17.6 Å². The number of amides is 3. The number of hydrogen-bond acceptors (Lipinski definition) is 3. The minimum atomic E-state index is -0.408. The van der Waals surface area contributed by atoms with Crippen molar-refractivity contribution in [2.75, 3.05) is 7.05 Å². The third-order valence-electron chi connectivity index (χ3n) is 4.67. The van der Waals surface area contributed by atoms with Gasteiger partial charge in [0.25, 0.3) is 5.91 Å². The van der Waals surface area contributed by atoms with Crippen LogP contribution in [0, 0.1) is 0 Å². The van der Waals surface area contributed by atoms with Gasteiger partial charge < -0.3 is 4.90 Å². The molecule has 1 saturated heterocycles. The van der Waals surface area contributed by atoms with Crippen molar-refractivity contribution in [2.45, 2.75) is 44.8 Å². The van der Waals surface area contributed by atoms with E-state index in [0.29, 0.717) is 6.42 Å². The highest BCUT2D eigenvalue weighted by atomic mass is 16.2. The number of carbonyl (C=O) groups is 2. The minimum Gasteiger partial charge on any atom is -0.322 e. The Labute approximate surface area is 130 Å². The molecule has 2 aliphatic rings. The smallest absolute Gasteiger partial charge is 0.322 e. The third-order valence-corrected chi connectivity index (χ3v) is 4.67. The number of aliphatic imine (C=N–C) groups is 1. The second-order valence-corrected chi connectivity index (χ2v) is 6.12. The van der Waals surface area contributed by atoms with Gasteiger partial charge in [0.1, 0.15) is 6.04 Å². The van der Waals surface area contributed by atoms with Crippen LogP contribution in [0.25, 0.3) is 0 Å². The summed E-state index contributed by atoms with van der Waals surface area (Å²) in [5, 5.41) is 0. The van der Waals surface area contributed by atoms with Gasteiger partial charge in [-0.25, -0.2) is 4.79 Å². The summed E-state index contributed by atoms with van der Waals surface area (Å²) >= 11 is 0. The van der Waals surface area contributed by atoms with Crippen molar-refractivity contribution in [3.8, 4) is 0 Å². The number of urea groups is 1. The molecule has 0 aromatic heterocycles. The van der Waals surface area contributed by atoms with E-state index in [1.54, 1.807) is 11.9 Å². The molecule has 3 amide bonds. The second kappa shape index (κ2) is 5.55. The normalized spacial score (nSPS) is 28.2. The number of nitrogens with zero attached hydrogens (tertiary/aromatic N) is 3. The van der Waals surface area contributed by atoms with Crippen LogP contribution in [0.1, 0.15) is 38.3 Å². The molecule has 116 valence electrons. The first-order chi connectivity index (χ1) is 10.5. The molecule has 2 aliphatic heterocycles. The maximum atomic E-state index is 12.8. The molecule has 1 aromatic rings. The molecule has 5 heteroatoms. The predicted octanol–water partition coefficient (Wildman–Crippen LogP) is 2.63. The number of benzene rings is 1. The first-order valence-electron chi connectivity index (χ1n) is 7.69. The van der Waals surface area contributed by atoms with Gasteiger partial charge in [0.15, 0.2) is 0 Å². The van der Waals surface area contributed by atoms with Crippen molar-refractivity contribution in [3.63, 3.8) is 0 Å². The summed E-state index contributed by atoms with van der Waals surface area (Å²) in [7, 11) is 1.75. The van der Waals surface area contributed by atoms with Crippen LogP contribution >= 0.6 is 0 Å². The Balaban J connectivity index is 1.96. The first kappa shape index (κ1) is 14.8. The fourth-order valence-corrected chi connectivity index (χ4v) is 3.28. The van der Waals surface area contributed by atoms with E-state index < -0.39 is 6.04 Å². The van der Waals surface area contributed by atoms with E-state index in [2.05, 4.69) is 4.99 Å². The van der Waals surface area contributed by atoms with E-state index in [1.165, 1.54) is 4.90 Å². The summed E-state index contributed by atoms with van der Waals surface area (Å²) in [6, 6.07) is 8.81. The van der Waals surface area contributed by atoms with Crippen molar-refractivity contribution in [2.24, 2.45) is 4.99 Å². The average Bonchev–Trinajstić information content (AvgIpc) is 3.05. The second-order valence-electron chi connectivity index (χ2n) is 6.12. The molecule has 0 spiro atoms. The van der Waals surface area contributed by atoms with Crippen LogP contribution in [0.15, 0.2) is 35.3 Å². The summed E-state index contributed by atoms with van der Waals surface area (Å²) in [5.41, 5.74) is 1.97. The van der Waals surface area contributed by atoms with Crippen LogP contribution in [-0.2, 0) is 4.79 Å². The fraction of sp³-hybridized carbons (Fsp3) is 0.471. The summed E-state index contributed by atoms with van der Waals surface area (Å²) in [4.78, 5) is 32.9. The molecule has 2 heterocycles. The van der Waals surface area contributed by atoms with E-state index >= 15 is 0 Å². The van der Waals surface area contributed by atoms with E-state index in [1.807, 2.05) is 44.2 Å². The molecule has 0 bridgehead atoms. The zero-order valence-electron chi connectivity index (χ0n) is 13.2. The zero-order chi connectivity index (χ0) is 15.9. The lowest BCUT2D eigenvalue weighted by molar-refractivity contribution is -0.130. The standard InChI is InChI=1S/C17H21N3O2/c1-11-9-10-14(18-11)16(21)20-15(12(2)19(3)17(20)22)13-7-5-4-6-8-13/h4-8,12,14-15H,9-10H2,1-3H3/t12-,14-,15-/m0/s1. The molecule has 5 nitrogen and oxygen atoms in total. The average molecular weight is 299 g/mol. The molecule has 3 rings (SSSR count). The number of imide groups is 1. The molecule has 0 aliphatic carbocycles. The van der Waals surface area contributed by atoms with Gasteiger partial charge in [-0.15, -0.1) is 0 Å². The lowest BCUT2D eigenvalue weighted by Crippen LogP contribution is -2.41. The number of likely N-dealkylation sites (N-methyl/N-ethyl adjacent to an activating group) is 1. The minimum absolute atomic E-state index is 0.0506. The Morgan fingerprint density at radius 3 is 2.55 bits per heavy atom. The summed E-state index contributed by atoms with van der Waals surface area (Å²) in [6.45, 7) is 3.91. The van der Waals surface area contributed by atoms with Crippen LogP contribution in [0.5, 0.6) is 0 Å². The van der Waals surface area contributed by atoms with Crippen LogP contribution < -0.4 is 0 Å². The van der Waals surface area contributed by atoms with Crippen LogP contribution in [0.3, 0.4) is 0 Å². The molecule has 1 fully saturated rings. The van der Waals surface area contributed by atoms with Crippen LogP contribution in [0.2, 0.25) is 0 Å². The Hall–Kier alpha value is -2.17. The number of carbonyl (C=O) groups excluding carboxylic acids is 2. The van der Waals surface area contributed by atoms with Gasteiger partial charge in [-0.1, -0.05) is 30.3 Å². The lowest BCUT2D eigenvalue weighted by Gasteiger charge is -2.25. The predicted molar refractivity (Wildman–Crippen MR) is 84.8 cm³/mol. The topological polar surface area (TPSA) is 53.0 Å². The van der Waals surface area contributed by atoms with E-state index in [9.17, 15) is 9.59 Å². The van der Waals surface area contributed by atoms with Gasteiger partial charge in [-0.05, 0) is 32.3 Å². The van der Waals surface area contributed by atoms with E-state index in [4.69, 9.17) is 0 Å². The molecule has 0 saturated carbocycles. The highest BCUT2D eigenvalue weighted by Crippen LogP contribution is 2.35. The summed E-state index contributed by atoms with van der Waals surface area (Å²) < 4.78 is 0. The molecular formula is C17H21N3O2. The van der Waals surface area contributed by atoms with Gasteiger partial charge in [0.2, 0.25) is 0 Å². The molecule has 0 radical (unpaired) electrons. The van der Waals surface area contributed by atoms with Gasteiger partial charge in [-0.2, -0.15) is 0 Å². The van der Waals surface area contributed by atoms with Crippen molar-refractivity contribution in [3.05, 3.63) is 35.9 Å². The maximum Gasteiger partial charge on any atom is 0.327 e. The molecule has 0 unspecified atom stereocenters. The fourth-order valence-electron chi connectivity index (χ4n) is 3.28. The van der Waals surface area contributed by atoms with Crippen molar-refractivity contribution in [1.29, 1.82) is 0 Å². The van der Waals surface area contributed by atoms with Gasteiger partial charge in [0, 0.05) is 12.8 Å².